The summed E-state index contributed by atoms with van der Waals surface area (Å²) in [6.07, 6.45) is 0. The molecule has 0 spiro atoms. The Bertz CT molecular complexity index is 968. The van der Waals surface area contributed by atoms with Gasteiger partial charge in [0.05, 0.1) is 10.9 Å². The van der Waals surface area contributed by atoms with E-state index in [1.54, 1.807) is 19.9 Å². The van der Waals surface area contributed by atoms with Crippen LogP contribution in [0.15, 0.2) is 40.0 Å². The molecule has 0 bridgehead atoms. The quantitative estimate of drug-likeness (QED) is 0.697. The largest absolute Gasteiger partial charge is 0.350 e. The number of nitrogens with one attached hydrogen (secondary N) is 3. The number of sulfonamides is 1. The molecule has 2 aromatic rings. The molecule has 0 aliphatic rings. The fraction of sp³-hybridized carbons (Fsp3) is 0.294. The first kappa shape index (κ1) is 19.8. The van der Waals surface area contributed by atoms with Gasteiger partial charge in [0.25, 0.3) is 5.56 Å². The van der Waals surface area contributed by atoms with Crippen LogP contribution in [0.3, 0.4) is 0 Å². The number of pyridine rings is 1. The van der Waals surface area contributed by atoms with Crippen molar-refractivity contribution in [3.63, 3.8) is 0 Å². The fourth-order valence-corrected chi connectivity index (χ4v) is 3.60. The number of H-pyrrole nitrogens is 1. The van der Waals surface area contributed by atoms with Gasteiger partial charge in [0.15, 0.2) is 0 Å². The first-order valence-corrected chi connectivity index (χ1v) is 9.33. The van der Waals surface area contributed by atoms with Crippen molar-refractivity contribution in [3.05, 3.63) is 63.3 Å². The number of aromatic amines is 1. The highest BCUT2D eigenvalue weighted by atomic mass is 32.2. The van der Waals surface area contributed by atoms with Gasteiger partial charge in [0, 0.05) is 17.8 Å². The first-order chi connectivity index (χ1) is 12.1. The summed E-state index contributed by atoms with van der Waals surface area (Å²) in [6.45, 7) is 4.86. The summed E-state index contributed by atoms with van der Waals surface area (Å²) in [5, 5.41) is 2.54. The molecule has 0 aliphatic carbocycles. The normalized spacial score (nSPS) is 12.6. The molecular weight excluding hydrogens is 361 g/mol. The van der Waals surface area contributed by atoms with Crippen molar-refractivity contribution in [2.24, 2.45) is 0 Å². The lowest BCUT2D eigenvalue weighted by Gasteiger charge is -2.15. The van der Waals surface area contributed by atoms with Gasteiger partial charge >= 0.3 is 0 Å². The van der Waals surface area contributed by atoms with E-state index < -0.39 is 27.8 Å². The Hall–Kier alpha value is -2.52. The molecule has 2 rings (SSSR count). The van der Waals surface area contributed by atoms with Gasteiger partial charge < -0.3 is 10.3 Å². The van der Waals surface area contributed by atoms with E-state index in [9.17, 15) is 22.4 Å². The van der Waals surface area contributed by atoms with Gasteiger partial charge in [0.2, 0.25) is 15.9 Å². The average molecular weight is 381 g/mol. The van der Waals surface area contributed by atoms with Crippen molar-refractivity contribution in [1.29, 1.82) is 0 Å². The minimum Gasteiger partial charge on any atom is -0.350 e. The second-order valence-corrected chi connectivity index (χ2v) is 7.67. The van der Waals surface area contributed by atoms with Crippen molar-refractivity contribution in [1.82, 2.24) is 15.0 Å². The first-order valence-electron chi connectivity index (χ1n) is 7.85. The Labute approximate surface area is 150 Å². The van der Waals surface area contributed by atoms with Gasteiger partial charge in [-0.2, -0.15) is 4.72 Å². The second kappa shape index (κ2) is 7.79. The zero-order valence-electron chi connectivity index (χ0n) is 14.6. The highest BCUT2D eigenvalue weighted by Gasteiger charge is 2.22. The summed E-state index contributed by atoms with van der Waals surface area (Å²) >= 11 is 0. The lowest BCUT2D eigenvalue weighted by Crippen LogP contribution is -2.45. The number of carbonyl (C=O) groups is 1. The highest BCUT2D eigenvalue weighted by molar-refractivity contribution is 7.89. The van der Waals surface area contributed by atoms with Crippen LogP contribution in [-0.4, -0.2) is 25.4 Å². The van der Waals surface area contributed by atoms with E-state index in [1.807, 2.05) is 0 Å². The predicted molar refractivity (Wildman–Crippen MR) is 94.6 cm³/mol. The Balaban J connectivity index is 2.04. The number of aryl methyl sites for hydroxylation is 2. The molecule has 0 fully saturated rings. The molecule has 0 radical (unpaired) electrons. The predicted octanol–water partition coefficient (Wildman–Crippen LogP) is 1.11. The molecule has 1 amide bonds. The Kier molecular flexibility index (Phi) is 5.94. The minimum absolute atomic E-state index is 0.0249. The van der Waals surface area contributed by atoms with Gasteiger partial charge in [-0.25, -0.2) is 12.8 Å². The van der Waals surface area contributed by atoms with Crippen LogP contribution in [0, 0.1) is 19.7 Å². The molecule has 9 heteroatoms. The summed E-state index contributed by atoms with van der Waals surface area (Å²) in [6, 6.07) is 4.96. The number of rotatable bonds is 6. The molecule has 140 valence electrons. The molecular formula is C17H20FN3O4S. The summed E-state index contributed by atoms with van der Waals surface area (Å²) in [5.41, 5.74) is 1.54. The smallest absolute Gasteiger partial charge is 0.253 e. The number of benzene rings is 1. The van der Waals surface area contributed by atoms with Gasteiger partial charge in [-0.05, 0) is 56.7 Å². The van der Waals surface area contributed by atoms with Crippen LogP contribution in [0.25, 0.3) is 0 Å². The average Bonchev–Trinajstić information content (AvgIpc) is 2.53. The van der Waals surface area contributed by atoms with Crippen LogP contribution in [0.1, 0.15) is 23.7 Å². The van der Waals surface area contributed by atoms with Crippen molar-refractivity contribution in [2.45, 2.75) is 38.3 Å². The highest BCUT2D eigenvalue weighted by Crippen LogP contribution is 2.10. The van der Waals surface area contributed by atoms with E-state index in [2.05, 4.69) is 15.0 Å². The molecule has 1 aromatic heterocycles. The van der Waals surface area contributed by atoms with Crippen molar-refractivity contribution >= 4 is 15.9 Å². The van der Waals surface area contributed by atoms with E-state index >= 15 is 0 Å². The monoisotopic (exact) mass is 381 g/mol. The number of amides is 1. The van der Waals surface area contributed by atoms with Crippen LogP contribution in [0.5, 0.6) is 0 Å². The summed E-state index contributed by atoms with van der Waals surface area (Å²) in [4.78, 5) is 26.6. The standard InChI is InChI=1S/C17H20FN3O4S/c1-10-8-11(2)20-17(23)15(10)9-19-16(22)12(3)21-26(24,25)14-6-4-13(18)5-7-14/h4-8,12,21H,9H2,1-3H3,(H,19,22)(H,20,23). The maximum absolute atomic E-state index is 12.9. The lowest BCUT2D eigenvalue weighted by molar-refractivity contribution is -0.122. The lowest BCUT2D eigenvalue weighted by atomic mass is 10.1. The van der Waals surface area contributed by atoms with Crippen LogP contribution < -0.4 is 15.6 Å². The summed E-state index contributed by atoms with van der Waals surface area (Å²) < 4.78 is 39.5. The molecule has 0 saturated heterocycles. The van der Waals surface area contributed by atoms with Crippen LogP contribution in [0.4, 0.5) is 4.39 Å². The third-order valence-corrected chi connectivity index (χ3v) is 5.34. The van der Waals surface area contributed by atoms with E-state index in [-0.39, 0.29) is 17.0 Å². The molecule has 0 aliphatic heterocycles. The third-order valence-electron chi connectivity index (χ3n) is 3.78. The Morgan fingerprint density at radius 3 is 2.42 bits per heavy atom. The van der Waals surface area contributed by atoms with Crippen LogP contribution in [-0.2, 0) is 21.4 Å². The SMILES string of the molecule is Cc1cc(C)c(CNC(=O)C(C)NS(=O)(=O)c2ccc(F)cc2)c(=O)[nH]1. The molecule has 1 atom stereocenters. The molecule has 7 nitrogen and oxygen atoms in total. The van der Waals surface area contributed by atoms with E-state index in [0.717, 1.165) is 29.8 Å². The molecule has 3 N–H and O–H groups in total. The molecule has 1 unspecified atom stereocenters. The molecule has 1 heterocycles. The number of aromatic nitrogens is 1. The van der Waals surface area contributed by atoms with E-state index in [1.165, 1.54) is 6.92 Å². The third kappa shape index (κ3) is 4.77. The second-order valence-electron chi connectivity index (χ2n) is 5.96. The van der Waals surface area contributed by atoms with Gasteiger partial charge in [-0.3, -0.25) is 9.59 Å². The fourth-order valence-electron chi connectivity index (χ4n) is 2.40. The van der Waals surface area contributed by atoms with Gasteiger partial charge in [0.1, 0.15) is 5.82 Å². The van der Waals surface area contributed by atoms with E-state index in [4.69, 9.17) is 0 Å². The summed E-state index contributed by atoms with van der Waals surface area (Å²) in [7, 11) is -3.97. The number of hydrogen-bond donors (Lipinski definition) is 3. The number of hydrogen-bond acceptors (Lipinski definition) is 4. The number of halogens is 1. The maximum atomic E-state index is 12.9. The molecule has 0 saturated carbocycles. The topological polar surface area (TPSA) is 108 Å². The zero-order valence-corrected chi connectivity index (χ0v) is 15.4. The van der Waals surface area contributed by atoms with Gasteiger partial charge in [-0.1, -0.05) is 0 Å². The van der Waals surface area contributed by atoms with E-state index in [0.29, 0.717) is 11.3 Å². The van der Waals surface area contributed by atoms with Crippen molar-refractivity contribution in [2.75, 3.05) is 0 Å². The Morgan fingerprint density at radius 1 is 1.23 bits per heavy atom. The maximum Gasteiger partial charge on any atom is 0.253 e. The Morgan fingerprint density at radius 2 is 1.85 bits per heavy atom. The van der Waals surface area contributed by atoms with Crippen LogP contribution >= 0.6 is 0 Å². The summed E-state index contributed by atoms with van der Waals surface area (Å²) in [5.74, 6) is -1.15. The van der Waals surface area contributed by atoms with Gasteiger partial charge in [-0.15, -0.1) is 0 Å². The molecule has 26 heavy (non-hydrogen) atoms. The number of carbonyl (C=O) groups excluding carboxylic acids is 1. The zero-order chi connectivity index (χ0) is 19.5. The van der Waals surface area contributed by atoms with Crippen molar-refractivity contribution < 1.29 is 17.6 Å². The van der Waals surface area contributed by atoms with Crippen LogP contribution in [0.2, 0.25) is 0 Å². The minimum atomic E-state index is -3.97. The molecule has 1 aromatic carbocycles. The van der Waals surface area contributed by atoms with Crippen molar-refractivity contribution in [3.8, 4) is 0 Å².